The van der Waals surface area contributed by atoms with E-state index in [2.05, 4.69) is 33.9 Å². The van der Waals surface area contributed by atoms with Gasteiger partial charge in [0, 0.05) is 24.3 Å². The third-order valence-corrected chi connectivity index (χ3v) is 6.57. The minimum atomic E-state index is -4.39. The molecule has 0 aliphatic carbocycles. The van der Waals surface area contributed by atoms with Gasteiger partial charge in [-0.15, -0.1) is 0 Å². The molecule has 6 nitrogen and oxygen atoms in total. The molecule has 2 aromatic carbocycles. The number of para-hydroxylation sites is 1. The van der Waals surface area contributed by atoms with Crippen molar-refractivity contribution in [3.05, 3.63) is 70.4 Å². The summed E-state index contributed by atoms with van der Waals surface area (Å²) < 4.78 is 44.9. The van der Waals surface area contributed by atoms with Gasteiger partial charge in [-0.2, -0.15) is 23.1 Å². The number of aromatic nitrogens is 2. The summed E-state index contributed by atoms with van der Waals surface area (Å²) in [5.41, 5.74) is 2.43. The largest absolute Gasteiger partial charge is 0.462 e. The van der Waals surface area contributed by atoms with E-state index in [4.69, 9.17) is 21.3 Å². The summed E-state index contributed by atoms with van der Waals surface area (Å²) in [7, 11) is 0. The molecule has 0 fully saturated rings. The third kappa shape index (κ3) is 6.20. The van der Waals surface area contributed by atoms with Gasteiger partial charge in [0.2, 0.25) is 0 Å². The quantitative estimate of drug-likeness (QED) is 0.364. The lowest BCUT2D eigenvalue weighted by Crippen LogP contribution is -2.32. The van der Waals surface area contributed by atoms with Gasteiger partial charge in [0.25, 0.3) is 0 Å². The summed E-state index contributed by atoms with van der Waals surface area (Å²) in [6.45, 7) is 8.38. The lowest BCUT2D eigenvalue weighted by atomic mass is 10.0. The Bertz CT molecular complexity index is 1170. The van der Waals surface area contributed by atoms with Crippen LogP contribution in [-0.4, -0.2) is 47.7 Å². The molecule has 10 heteroatoms. The van der Waals surface area contributed by atoms with Crippen molar-refractivity contribution in [1.82, 2.24) is 14.9 Å². The third-order valence-electron chi connectivity index (χ3n) is 6.25. The van der Waals surface area contributed by atoms with Gasteiger partial charge in [-0.3, -0.25) is 0 Å². The van der Waals surface area contributed by atoms with Crippen LogP contribution in [0.1, 0.15) is 30.7 Å². The molecular weight excluding hydrogens is 491 g/mol. The number of anilines is 3. The Morgan fingerprint density at radius 2 is 1.78 bits per heavy atom. The van der Waals surface area contributed by atoms with E-state index in [-0.39, 0.29) is 6.01 Å². The zero-order chi connectivity index (χ0) is 25.7. The Labute approximate surface area is 214 Å². The number of rotatable bonds is 9. The first-order valence-corrected chi connectivity index (χ1v) is 12.3. The van der Waals surface area contributed by atoms with Gasteiger partial charge in [0.15, 0.2) is 0 Å². The van der Waals surface area contributed by atoms with Gasteiger partial charge in [-0.1, -0.05) is 37.6 Å². The van der Waals surface area contributed by atoms with Crippen molar-refractivity contribution in [2.45, 2.75) is 33.0 Å². The van der Waals surface area contributed by atoms with Crippen molar-refractivity contribution in [2.75, 3.05) is 43.0 Å². The molecule has 1 aromatic heterocycles. The molecule has 0 bridgehead atoms. The molecule has 1 aliphatic heterocycles. The molecule has 0 radical (unpaired) electrons. The number of benzene rings is 2. The van der Waals surface area contributed by atoms with E-state index in [1.807, 2.05) is 24.3 Å². The molecule has 0 saturated carbocycles. The van der Waals surface area contributed by atoms with Crippen molar-refractivity contribution < 1.29 is 17.9 Å². The van der Waals surface area contributed by atoms with E-state index in [0.29, 0.717) is 42.6 Å². The van der Waals surface area contributed by atoms with Gasteiger partial charge in [-0.25, -0.2) is 0 Å². The van der Waals surface area contributed by atoms with Crippen molar-refractivity contribution in [1.29, 1.82) is 0 Å². The molecule has 36 heavy (non-hydrogen) atoms. The maximum atomic E-state index is 13.0. The molecule has 0 unspecified atom stereocenters. The van der Waals surface area contributed by atoms with E-state index in [9.17, 15) is 13.2 Å². The Morgan fingerprint density at radius 3 is 2.44 bits per heavy atom. The fourth-order valence-electron chi connectivity index (χ4n) is 4.17. The minimum Gasteiger partial charge on any atom is -0.462 e. The Balaban J connectivity index is 1.61. The highest BCUT2D eigenvalue weighted by atomic mass is 35.5. The highest BCUT2D eigenvalue weighted by Crippen LogP contribution is 2.34. The number of ether oxygens (including phenoxy) is 1. The fraction of sp³-hybridized carbons (Fsp3) is 0.385. The van der Waals surface area contributed by atoms with Crippen molar-refractivity contribution in [3.63, 3.8) is 0 Å². The maximum absolute atomic E-state index is 13.0. The first kappa shape index (κ1) is 26.0. The molecule has 0 amide bonds. The number of nitrogens with zero attached hydrogens (tertiary/aromatic N) is 4. The lowest BCUT2D eigenvalue weighted by molar-refractivity contribution is -0.137. The highest BCUT2D eigenvalue weighted by molar-refractivity contribution is 6.33. The Hall–Kier alpha value is -3.04. The number of hydrogen-bond donors (Lipinski definition) is 1. The van der Waals surface area contributed by atoms with Gasteiger partial charge < -0.3 is 19.9 Å². The molecule has 2 heterocycles. The summed E-state index contributed by atoms with van der Waals surface area (Å²) in [6, 6.07) is 12.8. The minimum absolute atomic E-state index is 0.233. The number of hydrogen-bond acceptors (Lipinski definition) is 6. The van der Waals surface area contributed by atoms with E-state index >= 15 is 0 Å². The summed E-state index contributed by atoms with van der Waals surface area (Å²) in [5, 5.41) is 3.85. The van der Waals surface area contributed by atoms with Crippen molar-refractivity contribution in [3.8, 4) is 6.01 Å². The molecule has 0 atom stereocenters. The smallest absolute Gasteiger partial charge is 0.416 e. The van der Waals surface area contributed by atoms with Crippen LogP contribution in [0, 0.1) is 0 Å². The van der Waals surface area contributed by atoms with Gasteiger partial charge in [-0.05, 0) is 55.9 Å². The predicted octanol–water partition coefficient (Wildman–Crippen LogP) is 6.18. The second-order valence-corrected chi connectivity index (χ2v) is 8.89. The van der Waals surface area contributed by atoms with Crippen LogP contribution >= 0.6 is 11.6 Å². The zero-order valence-corrected chi connectivity index (χ0v) is 21.0. The summed E-state index contributed by atoms with van der Waals surface area (Å²) in [6.07, 6.45) is -3.75. The number of nitrogens with one attached hydrogen (secondary N) is 1. The average molecular weight is 520 g/mol. The van der Waals surface area contributed by atoms with Crippen LogP contribution in [0.25, 0.3) is 0 Å². The van der Waals surface area contributed by atoms with Crippen LogP contribution in [0.15, 0.2) is 48.5 Å². The molecule has 0 saturated heterocycles. The Morgan fingerprint density at radius 1 is 1.06 bits per heavy atom. The van der Waals surface area contributed by atoms with E-state index in [0.717, 1.165) is 48.7 Å². The molecule has 4 rings (SSSR count). The SMILES string of the molecule is CCN(CC)CCOc1nc2c(c(Nc3ccc(C(F)(F)F)cc3)n1)CCN(c1ccccc1Cl)C2. The second-order valence-electron chi connectivity index (χ2n) is 8.48. The van der Waals surface area contributed by atoms with E-state index < -0.39 is 11.7 Å². The zero-order valence-electron chi connectivity index (χ0n) is 20.3. The van der Waals surface area contributed by atoms with Gasteiger partial charge in [0.1, 0.15) is 12.4 Å². The monoisotopic (exact) mass is 519 g/mol. The molecule has 1 N–H and O–H groups in total. The van der Waals surface area contributed by atoms with Crippen molar-refractivity contribution in [2.24, 2.45) is 0 Å². The van der Waals surface area contributed by atoms with Crippen LogP contribution in [0.4, 0.5) is 30.4 Å². The number of fused-ring (bicyclic) bond motifs is 1. The standard InChI is InChI=1S/C26H29ClF3N5O/c1-3-34(4-2)15-16-36-25-32-22-17-35(23-8-6-5-7-21(23)27)14-13-20(22)24(33-25)31-19-11-9-18(10-12-19)26(28,29)30/h5-12H,3-4,13-17H2,1-2H3,(H,31,32,33). The van der Waals surface area contributed by atoms with E-state index in [1.54, 1.807) is 0 Å². The Kier molecular flexibility index (Phi) is 8.21. The van der Waals surface area contributed by atoms with Crippen LogP contribution in [0.5, 0.6) is 6.01 Å². The average Bonchev–Trinajstić information content (AvgIpc) is 2.86. The topological polar surface area (TPSA) is 53.5 Å². The number of halogens is 4. The molecule has 3 aromatic rings. The van der Waals surface area contributed by atoms with Crippen LogP contribution in [0.3, 0.4) is 0 Å². The summed E-state index contributed by atoms with van der Waals surface area (Å²) >= 11 is 6.43. The lowest BCUT2D eigenvalue weighted by Gasteiger charge is -2.31. The first-order chi connectivity index (χ1) is 17.3. The predicted molar refractivity (Wildman–Crippen MR) is 136 cm³/mol. The van der Waals surface area contributed by atoms with Gasteiger partial charge in [0.05, 0.1) is 28.5 Å². The highest BCUT2D eigenvalue weighted by Gasteiger charge is 2.30. The first-order valence-electron chi connectivity index (χ1n) is 12.0. The molecule has 192 valence electrons. The number of alkyl halides is 3. The molecular formula is C26H29ClF3N5O. The van der Waals surface area contributed by atoms with Crippen LogP contribution in [-0.2, 0) is 19.1 Å². The molecule has 1 aliphatic rings. The van der Waals surface area contributed by atoms with Gasteiger partial charge >= 0.3 is 12.2 Å². The molecule has 0 spiro atoms. The summed E-state index contributed by atoms with van der Waals surface area (Å²) in [4.78, 5) is 13.7. The van der Waals surface area contributed by atoms with Crippen LogP contribution in [0.2, 0.25) is 5.02 Å². The van der Waals surface area contributed by atoms with Crippen LogP contribution < -0.4 is 15.0 Å². The van der Waals surface area contributed by atoms with Crippen molar-refractivity contribution >= 4 is 28.8 Å². The number of likely N-dealkylation sites (N-methyl/N-ethyl adjacent to an activating group) is 1. The normalized spacial score (nSPS) is 13.6. The fourth-order valence-corrected chi connectivity index (χ4v) is 4.43. The summed E-state index contributed by atoms with van der Waals surface area (Å²) in [5.74, 6) is 0.538. The maximum Gasteiger partial charge on any atom is 0.416 e. The second kappa shape index (κ2) is 11.3. The van der Waals surface area contributed by atoms with E-state index in [1.165, 1.54) is 12.1 Å².